The number of fused-ring (bicyclic) bond motifs is 1. The Morgan fingerprint density at radius 1 is 1.64 bits per heavy atom. The highest BCUT2D eigenvalue weighted by Crippen LogP contribution is 2.15. The second kappa shape index (κ2) is 4.76. The van der Waals surface area contributed by atoms with Crippen molar-refractivity contribution in [3.8, 4) is 11.5 Å². The number of aliphatic carboxylic acids is 1. The molecule has 0 unspecified atom stereocenters. The quantitative estimate of drug-likeness (QED) is 0.691. The van der Waals surface area contributed by atoms with Crippen molar-refractivity contribution in [1.82, 2.24) is 10.2 Å². The molecule has 0 aromatic heterocycles. The number of carboxylic acid groups (broad SMARTS) is 1. The average Bonchev–Trinajstić information content (AvgIpc) is 2.66. The molecule has 14 heavy (non-hydrogen) atoms. The molecule has 5 nitrogen and oxygen atoms in total. The predicted octanol–water partition coefficient (Wildman–Crippen LogP) is 1.43. The van der Waals surface area contributed by atoms with Gasteiger partial charge in [0.1, 0.15) is 5.69 Å². The fourth-order valence-electron chi connectivity index (χ4n) is 0.708. The number of hydrogen-bond acceptors (Lipinski definition) is 4. The van der Waals surface area contributed by atoms with Crippen LogP contribution >= 0.6 is 0 Å². The monoisotopic (exact) mass is 192 g/mol. The Bertz CT molecular complexity index is 370. The van der Waals surface area contributed by atoms with Crippen LogP contribution in [0.25, 0.3) is 11.5 Å². The molecule has 0 amide bonds. The fourth-order valence-corrected chi connectivity index (χ4v) is 0.708. The van der Waals surface area contributed by atoms with Gasteiger partial charge in [-0.05, 0) is 12.1 Å². The lowest BCUT2D eigenvalue weighted by Gasteiger charge is -1.88. The van der Waals surface area contributed by atoms with Crippen LogP contribution < -0.4 is 0 Å². The molecule has 0 aliphatic carbocycles. The van der Waals surface area contributed by atoms with Gasteiger partial charge in [-0.1, -0.05) is 6.58 Å². The first-order chi connectivity index (χ1) is 6.74. The van der Waals surface area contributed by atoms with E-state index in [4.69, 9.17) is 9.52 Å². The predicted molar refractivity (Wildman–Crippen MR) is 48.8 cm³/mol. The molecule has 0 bridgehead atoms. The lowest BCUT2D eigenvalue weighted by molar-refractivity contribution is -0.131. The molecule has 0 aromatic rings. The zero-order chi connectivity index (χ0) is 10.4. The zero-order valence-electron chi connectivity index (χ0n) is 7.25. The first-order valence-corrected chi connectivity index (χ1v) is 3.74. The third-order valence-corrected chi connectivity index (χ3v) is 1.30. The van der Waals surface area contributed by atoms with Crippen molar-refractivity contribution in [3.05, 3.63) is 37.2 Å². The standard InChI is InChI=1S/C6H4N2O.C3H4O2/c1-2-5-6(9-3-1)4-7-8-5;1-2-3(4)5/h1-4H;2H,1H2,(H,4,5). The molecular weight excluding hydrogens is 184 g/mol. The van der Waals surface area contributed by atoms with Gasteiger partial charge in [-0.15, -0.1) is 5.10 Å². The zero-order valence-corrected chi connectivity index (χ0v) is 7.25. The van der Waals surface area contributed by atoms with Gasteiger partial charge in [-0.2, -0.15) is 5.10 Å². The fraction of sp³-hybridized carbons (Fsp3) is 0. The Labute approximate surface area is 80.0 Å². The summed E-state index contributed by atoms with van der Waals surface area (Å²) in [5, 5.41) is 15.0. The number of rotatable bonds is 1. The normalized spacial score (nSPS) is 8.86. The van der Waals surface area contributed by atoms with Crippen LogP contribution in [0.3, 0.4) is 0 Å². The van der Waals surface area contributed by atoms with Gasteiger partial charge < -0.3 is 9.52 Å². The number of hydrogen-bond donors (Lipinski definition) is 1. The molecular formula is C9H8N2O3. The van der Waals surface area contributed by atoms with Gasteiger partial charge in [0, 0.05) is 6.08 Å². The van der Waals surface area contributed by atoms with Crippen molar-refractivity contribution in [3.63, 3.8) is 0 Å². The van der Waals surface area contributed by atoms with Gasteiger partial charge in [-0.25, -0.2) is 4.79 Å². The van der Waals surface area contributed by atoms with Gasteiger partial charge in [0.2, 0.25) is 0 Å². The van der Waals surface area contributed by atoms with Gasteiger partial charge in [0.15, 0.2) is 5.76 Å². The third-order valence-electron chi connectivity index (χ3n) is 1.30. The smallest absolute Gasteiger partial charge is 0.327 e. The Morgan fingerprint density at radius 3 is 2.93 bits per heavy atom. The topological polar surface area (TPSA) is 76.2 Å². The van der Waals surface area contributed by atoms with Gasteiger partial charge in [0.05, 0.1) is 12.5 Å². The average molecular weight is 192 g/mol. The highest BCUT2D eigenvalue weighted by molar-refractivity contribution is 5.78. The van der Waals surface area contributed by atoms with Gasteiger partial charge in [0.25, 0.3) is 0 Å². The minimum absolute atomic E-state index is 0.734. The summed E-state index contributed by atoms with van der Waals surface area (Å²) in [5.41, 5.74) is 0.803. The third kappa shape index (κ3) is 2.71. The largest absolute Gasteiger partial charge is 0.478 e. The van der Waals surface area contributed by atoms with E-state index in [2.05, 4.69) is 16.8 Å². The maximum atomic E-state index is 9.25. The minimum atomic E-state index is -0.981. The van der Waals surface area contributed by atoms with Crippen LogP contribution in [0.15, 0.2) is 41.7 Å². The highest BCUT2D eigenvalue weighted by Gasteiger charge is 2.02. The highest BCUT2D eigenvalue weighted by atomic mass is 16.4. The summed E-state index contributed by atoms with van der Waals surface area (Å²) >= 11 is 0. The molecule has 1 N–H and O–H groups in total. The van der Waals surface area contributed by atoms with E-state index < -0.39 is 5.97 Å². The van der Waals surface area contributed by atoms with E-state index in [-0.39, 0.29) is 0 Å². The molecule has 0 saturated heterocycles. The van der Waals surface area contributed by atoms with Crippen molar-refractivity contribution in [1.29, 1.82) is 0 Å². The summed E-state index contributed by atoms with van der Waals surface area (Å²) in [6.45, 7) is 2.96. The maximum Gasteiger partial charge on any atom is 0.327 e. The molecule has 72 valence electrons. The summed E-state index contributed by atoms with van der Waals surface area (Å²) in [6.07, 6.45) is 4.03. The van der Waals surface area contributed by atoms with Crippen molar-refractivity contribution in [2.24, 2.45) is 0 Å². The van der Waals surface area contributed by atoms with E-state index in [0.29, 0.717) is 0 Å². The van der Waals surface area contributed by atoms with Crippen LogP contribution in [0.4, 0.5) is 0 Å². The van der Waals surface area contributed by atoms with Crippen LogP contribution in [0, 0.1) is 0 Å². The van der Waals surface area contributed by atoms with Crippen LogP contribution in [-0.4, -0.2) is 21.3 Å². The molecule has 0 aromatic carbocycles. The lowest BCUT2D eigenvalue weighted by Crippen LogP contribution is -1.82. The Hall–Kier alpha value is -2.17. The summed E-state index contributed by atoms with van der Waals surface area (Å²) in [5.74, 6) is -0.248. The second-order valence-electron chi connectivity index (χ2n) is 2.25. The summed E-state index contributed by atoms with van der Waals surface area (Å²) in [4.78, 5) is 9.25. The van der Waals surface area contributed by atoms with E-state index in [1.165, 1.54) is 0 Å². The van der Waals surface area contributed by atoms with E-state index >= 15 is 0 Å². The van der Waals surface area contributed by atoms with Crippen molar-refractivity contribution < 1.29 is 14.3 Å². The van der Waals surface area contributed by atoms with Crippen molar-refractivity contribution in [2.45, 2.75) is 0 Å². The number of carboxylic acids is 1. The van der Waals surface area contributed by atoms with Gasteiger partial charge >= 0.3 is 5.97 Å². The number of carbonyl (C=O) groups is 1. The Balaban J connectivity index is 0.000000171. The van der Waals surface area contributed by atoms with E-state index in [9.17, 15) is 4.79 Å². The van der Waals surface area contributed by atoms with Gasteiger partial charge in [-0.3, -0.25) is 0 Å². The van der Waals surface area contributed by atoms with E-state index in [0.717, 1.165) is 17.5 Å². The SMILES string of the molecule is C=CC(=O)O.c1coc2cnnc-2c1. The first-order valence-electron chi connectivity index (χ1n) is 3.74. The number of aromatic nitrogens is 2. The Morgan fingerprint density at radius 2 is 2.36 bits per heavy atom. The van der Waals surface area contributed by atoms with E-state index in [1.54, 1.807) is 18.5 Å². The molecule has 5 heteroatoms. The molecule has 2 rings (SSSR count). The molecule has 0 radical (unpaired) electrons. The maximum absolute atomic E-state index is 9.25. The van der Waals surface area contributed by atoms with Crippen molar-refractivity contribution in [2.75, 3.05) is 0 Å². The lowest BCUT2D eigenvalue weighted by atomic mass is 10.3. The number of nitrogens with zero attached hydrogens (tertiary/aromatic N) is 2. The molecule has 2 heterocycles. The minimum Gasteiger partial charge on any atom is -0.478 e. The summed E-state index contributed by atoms with van der Waals surface area (Å²) in [7, 11) is 0. The molecule has 0 spiro atoms. The summed E-state index contributed by atoms with van der Waals surface area (Å²) in [6, 6.07) is 3.64. The van der Waals surface area contributed by atoms with Crippen LogP contribution in [0.2, 0.25) is 0 Å². The summed E-state index contributed by atoms with van der Waals surface area (Å²) < 4.78 is 5.03. The van der Waals surface area contributed by atoms with Crippen LogP contribution in [0.1, 0.15) is 0 Å². The Kier molecular flexibility index (Phi) is 3.37. The van der Waals surface area contributed by atoms with Crippen molar-refractivity contribution >= 4 is 5.97 Å². The van der Waals surface area contributed by atoms with E-state index in [1.807, 2.05) is 6.07 Å². The molecule has 2 aliphatic heterocycles. The molecule has 0 saturated carbocycles. The molecule has 0 fully saturated rings. The molecule has 0 atom stereocenters. The second-order valence-corrected chi connectivity index (χ2v) is 2.25. The van der Waals surface area contributed by atoms with Crippen LogP contribution in [0.5, 0.6) is 0 Å². The van der Waals surface area contributed by atoms with Crippen LogP contribution in [-0.2, 0) is 4.79 Å². The first kappa shape index (κ1) is 9.91. The molecule has 2 aliphatic rings.